The van der Waals surface area contributed by atoms with Crippen molar-refractivity contribution in [3.05, 3.63) is 53.6 Å². The molecule has 0 aliphatic rings. The first-order chi connectivity index (χ1) is 12.4. The summed E-state index contributed by atoms with van der Waals surface area (Å²) in [6.07, 6.45) is 2.09. The zero-order chi connectivity index (χ0) is 19.2. The van der Waals surface area contributed by atoms with Crippen LogP contribution in [0.4, 0.5) is 11.4 Å². The van der Waals surface area contributed by atoms with E-state index in [2.05, 4.69) is 5.32 Å². The van der Waals surface area contributed by atoms with Crippen LogP contribution in [0.5, 0.6) is 0 Å². The molecule has 5 nitrogen and oxygen atoms in total. The topological polar surface area (TPSA) is 66.5 Å². The van der Waals surface area contributed by atoms with Crippen molar-refractivity contribution in [3.63, 3.8) is 0 Å². The van der Waals surface area contributed by atoms with Gasteiger partial charge in [-0.1, -0.05) is 43.1 Å². The maximum atomic E-state index is 13.1. The van der Waals surface area contributed by atoms with Crippen LogP contribution < -0.4 is 9.62 Å². The number of rotatable bonds is 8. The van der Waals surface area contributed by atoms with E-state index in [0.29, 0.717) is 17.8 Å². The van der Waals surface area contributed by atoms with Gasteiger partial charge in [-0.3, -0.25) is 9.10 Å². The molecule has 0 aromatic heterocycles. The normalized spacial score (nSPS) is 11.2. The molecule has 2 rings (SSSR count). The van der Waals surface area contributed by atoms with Crippen LogP contribution in [0.25, 0.3) is 0 Å². The second kappa shape index (κ2) is 9.05. The van der Waals surface area contributed by atoms with Gasteiger partial charge in [0.25, 0.3) is 10.0 Å². The third-order valence-electron chi connectivity index (χ3n) is 3.87. The molecular weight excluding hydrogens is 372 g/mol. The van der Waals surface area contributed by atoms with Crippen LogP contribution >= 0.6 is 11.6 Å². The number of nitrogens with zero attached hydrogens (tertiary/aromatic N) is 1. The number of anilines is 2. The summed E-state index contributed by atoms with van der Waals surface area (Å²) < 4.78 is 27.5. The summed E-state index contributed by atoms with van der Waals surface area (Å²) >= 11 is 6.17. The summed E-state index contributed by atoms with van der Waals surface area (Å²) in [7, 11) is -3.86. The second-order valence-corrected chi connectivity index (χ2v) is 8.04. The molecule has 0 heterocycles. The van der Waals surface area contributed by atoms with E-state index in [9.17, 15) is 13.2 Å². The molecule has 0 radical (unpaired) electrons. The molecule has 7 heteroatoms. The van der Waals surface area contributed by atoms with Crippen molar-refractivity contribution in [2.45, 2.75) is 38.0 Å². The maximum absolute atomic E-state index is 13.1. The van der Waals surface area contributed by atoms with Gasteiger partial charge in [0.2, 0.25) is 5.91 Å². The van der Waals surface area contributed by atoms with Gasteiger partial charge in [-0.15, -0.1) is 0 Å². The molecule has 1 N–H and O–H groups in total. The Balaban J connectivity index is 2.36. The standard InChI is InChI=1S/C19H23ClN2O3S/c1-3-5-11-19(23)21-15-12-13-17(20)18(14-15)26(24,25)22(4-2)16-9-7-6-8-10-16/h6-10,12-14H,3-5,11H2,1-2H3,(H,21,23). The molecule has 0 unspecified atom stereocenters. The Morgan fingerprint density at radius 3 is 2.42 bits per heavy atom. The first kappa shape index (κ1) is 20.3. The lowest BCUT2D eigenvalue weighted by atomic mass is 10.2. The summed E-state index contributed by atoms with van der Waals surface area (Å²) in [6.45, 7) is 4.02. The van der Waals surface area contributed by atoms with E-state index in [1.54, 1.807) is 37.3 Å². The van der Waals surface area contributed by atoms with E-state index >= 15 is 0 Å². The highest BCUT2D eigenvalue weighted by Crippen LogP contribution is 2.30. The fourth-order valence-electron chi connectivity index (χ4n) is 2.54. The molecule has 0 aliphatic heterocycles. The third-order valence-corrected chi connectivity index (χ3v) is 6.26. The van der Waals surface area contributed by atoms with E-state index in [0.717, 1.165) is 12.8 Å². The average molecular weight is 395 g/mol. The largest absolute Gasteiger partial charge is 0.326 e. The van der Waals surface area contributed by atoms with Crippen LogP contribution in [0.2, 0.25) is 5.02 Å². The van der Waals surface area contributed by atoms with Crippen molar-refractivity contribution in [2.24, 2.45) is 0 Å². The number of halogens is 1. The van der Waals surface area contributed by atoms with Gasteiger partial charge in [0.1, 0.15) is 4.90 Å². The van der Waals surface area contributed by atoms with Crippen LogP contribution in [0, 0.1) is 0 Å². The van der Waals surface area contributed by atoms with Crippen LogP contribution in [0.15, 0.2) is 53.4 Å². The van der Waals surface area contributed by atoms with Gasteiger partial charge in [0, 0.05) is 18.7 Å². The van der Waals surface area contributed by atoms with Gasteiger partial charge >= 0.3 is 0 Å². The molecule has 2 aromatic carbocycles. The number of hydrogen-bond donors (Lipinski definition) is 1. The summed E-state index contributed by atoms with van der Waals surface area (Å²) in [5.41, 5.74) is 0.974. The predicted octanol–water partition coefficient (Wildman–Crippen LogP) is 4.68. The fourth-order valence-corrected chi connectivity index (χ4v) is 4.52. The van der Waals surface area contributed by atoms with E-state index < -0.39 is 10.0 Å². The van der Waals surface area contributed by atoms with Crippen molar-refractivity contribution < 1.29 is 13.2 Å². The number of benzene rings is 2. The Labute approximate surface area is 160 Å². The Hall–Kier alpha value is -2.05. The number of nitrogens with one attached hydrogen (secondary N) is 1. The molecule has 0 spiro atoms. The lowest BCUT2D eigenvalue weighted by Gasteiger charge is -2.23. The van der Waals surface area contributed by atoms with E-state index in [4.69, 9.17) is 11.6 Å². The highest BCUT2D eigenvalue weighted by Gasteiger charge is 2.26. The molecule has 0 aliphatic carbocycles. The number of carbonyl (C=O) groups is 1. The molecule has 1 amide bonds. The summed E-state index contributed by atoms with van der Waals surface area (Å²) in [6, 6.07) is 13.3. The van der Waals surface area contributed by atoms with Crippen molar-refractivity contribution in [1.82, 2.24) is 0 Å². The smallest absolute Gasteiger partial charge is 0.265 e. The summed E-state index contributed by atoms with van der Waals surface area (Å²) in [4.78, 5) is 11.9. The maximum Gasteiger partial charge on any atom is 0.265 e. The summed E-state index contributed by atoms with van der Waals surface area (Å²) in [5.74, 6) is -0.145. The number of hydrogen-bond acceptors (Lipinski definition) is 3. The zero-order valence-corrected chi connectivity index (χ0v) is 16.5. The number of sulfonamides is 1. The lowest BCUT2D eigenvalue weighted by Crippen LogP contribution is -2.31. The van der Waals surface area contributed by atoms with Crippen molar-refractivity contribution in [2.75, 3.05) is 16.2 Å². The van der Waals surface area contributed by atoms with Gasteiger partial charge in [-0.25, -0.2) is 8.42 Å². The van der Waals surface area contributed by atoms with Crippen molar-refractivity contribution in [3.8, 4) is 0 Å². The molecule has 0 atom stereocenters. The Morgan fingerprint density at radius 1 is 1.12 bits per heavy atom. The molecule has 0 saturated carbocycles. The van der Waals surface area contributed by atoms with Crippen LogP contribution in [-0.2, 0) is 14.8 Å². The number of para-hydroxylation sites is 1. The first-order valence-corrected chi connectivity index (χ1v) is 10.4. The van der Waals surface area contributed by atoms with Gasteiger partial charge < -0.3 is 5.32 Å². The molecule has 2 aromatic rings. The minimum Gasteiger partial charge on any atom is -0.326 e. The second-order valence-electron chi connectivity index (χ2n) is 5.80. The molecule has 26 heavy (non-hydrogen) atoms. The minimum absolute atomic E-state index is 0.0295. The molecule has 0 bridgehead atoms. The fraction of sp³-hybridized carbons (Fsp3) is 0.316. The lowest BCUT2D eigenvalue weighted by molar-refractivity contribution is -0.116. The Bertz CT molecular complexity index is 854. The van der Waals surface area contributed by atoms with Gasteiger partial charge in [0.15, 0.2) is 0 Å². The quantitative estimate of drug-likeness (QED) is 0.706. The van der Waals surface area contributed by atoms with Gasteiger partial charge in [-0.05, 0) is 43.7 Å². The monoisotopic (exact) mass is 394 g/mol. The minimum atomic E-state index is -3.86. The molecule has 0 saturated heterocycles. The number of amides is 1. The number of carbonyl (C=O) groups excluding carboxylic acids is 1. The van der Waals surface area contributed by atoms with Crippen molar-refractivity contribution in [1.29, 1.82) is 0 Å². The highest BCUT2D eigenvalue weighted by atomic mass is 35.5. The summed E-state index contributed by atoms with van der Waals surface area (Å²) in [5, 5.41) is 2.85. The molecule has 140 valence electrons. The molecule has 0 fully saturated rings. The van der Waals surface area contributed by atoms with Crippen molar-refractivity contribution >= 4 is 38.9 Å². The van der Waals surface area contributed by atoms with E-state index in [1.807, 2.05) is 13.0 Å². The van der Waals surface area contributed by atoms with Crippen LogP contribution in [0.1, 0.15) is 33.1 Å². The molecular formula is C19H23ClN2O3S. The third kappa shape index (κ3) is 4.77. The Kier molecular flexibility index (Phi) is 7.06. The predicted molar refractivity (Wildman–Crippen MR) is 106 cm³/mol. The van der Waals surface area contributed by atoms with Gasteiger partial charge in [-0.2, -0.15) is 0 Å². The SMILES string of the molecule is CCCCC(=O)Nc1ccc(Cl)c(S(=O)(=O)N(CC)c2ccccc2)c1. The first-order valence-electron chi connectivity index (χ1n) is 8.57. The Morgan fingerprint density at radius 2 is 1.81 bits per heavy atom. The van der Waals surface area contributed by atoms with E-state index in [-0.39, 0.29) is 22.4 Å². The van der Waals surface area contributed by atoms with Crippen LogP contribution in [-0.4, -0.2) is 20.9 Å². The zero-order valence-electron chi connectivity index (χ0n) is 14.9. The highest BCUT2D eigenvalue weighted by molar-refractivity contribution is 7.93. The van der Waals surface area contributed by atoms with E-state index in [1.165, 1.54) is 16.4 Å². The van der Waals surface area contributed by atoms with Crippen LogP contribution in [0.3, 0.4) is 0 Å². The average Bonchev–Trinajstić information content (AvgIpc) is 2.62. The number of unbranched alkanes of at least 4 members (excludes halogenated alkanes) is 1. The van der Waals surface area contributed by atoms with Gasteiger partial charge in [0.05, 0.1) is 10.7 Å².